The molecule has 2 atom stereocenters. The van der Waals surface area contributed by atoms with E-state index in [-0.39, 0.29) is 0 Å². The summed E-state index contributed by atoms with van der Waals surface area (Å²) in [6, 6.07) is 10.7. The lowest BCUT2D eigenvalue weighted by atomic mass is 9.88. The van der Waals surface area contributed by atoms with Crippen LogP contribution in [-0.2, 0) is 6.42 Å². The van der Waals surface area contributed by atoms with Crippen molar-refractivity contribution in [2.24, 2.45) is 11.8 Å². The Morgan fingerprint density at radius 2 is 2.00 bits per heavy atom. The molecule has 1 saturated carbocycles. The highest BCUT2D eigenvalue weighted by Gasteiger charge is 2.27. The standard InChI is InChI=1S/C18H24N2/c1-2-19-13-16-7-5-6-14(16)12-15-10-11-20-18-9-4-3-8-17(15)18/h3-4,8-11,14,16,19H,2,5-7,12-13H2,1H3. The first-order valence-corrected chi connectivity index (χ1v) is 7.92. The Kier molecular flexibility index (Phi) is 4.31. The molecule has 106 valence electrons. The zero-order chi connectivity index (χ0) is 13.8. The second-order valence-electron chi connectivity index (χ2n) is 5.95. The van der Waals surface area contributed by atoms with Crippen LogP contribution in [-0.4, -0.2) is 18.1 Å². The van der Waals surface area contributed by atoms with Crippen LogP contribution in [0.2, 0.25) is 0 Å². The van der Waals surface area contributed by atoms with Crippen molar-refractivity contribution in [3.8, 4) is 0 Å². The number of fused-ring (bicyclic) bond motifs is 1. The van der Waals surface area contributed by atoms with E-state index < -0.39 is 0 Å². The minimum absolute atomic E-state index is 0.833. The Labute approximate surface area is 121 Å². The van der Waals surface area contributed by atoms with E-state index in [0.717, 1.165) is 23.9 Å². The van der Waals surface area contributed by atoms with Crippen molar-refractivity contribution in [2.75, 3.05) is 13.1 Å². The summed E-state index contributed by atoms with van der Waals surface area (Å²) < 4.78 is 0. The zero-order valence-corrected chi connectivity index (χ0v) is 12.3. The second kappa shape index (κ2) is 6.36. The molecule has 0 radical (unpaired) electrons. The van der Waals surface area contributed by atoms with Gasteiger partial charge in [0.25, 0.3) is 0 Å². The summed E-state index contributed by atoms with van der Waals surface area (Å²) in [7, 11) is 0. The number of pyridine rings is 1. The van der Waals surface area contributed by atoms with E-state index in [9.17, 15) is 0 Å². The van der Waals surface area contributed by atoms with Gasteiger partial charge in [-0.25, -0.2) is 0 Å². The zero-order valence-electron chi connectivity index (χ0n) is 12.3. The van der Waals surface area contributed by atoms with Gasteiger partial charge in [-0.1, -0.05) is 31.5 Å². The fourth-order valence-electron chi connectivity index (χ4n) is 3.60. The second-order valence-corrected chi connectivity index (χ2v) is 5.95. The van der Waals surface area contributed by atoms with E-state index in [2.05, 4.69) is 47.6 Å². The van der Waals surface area contributed by atoms with Crippen molar-refractivity contribution in [1.82, 2.24) is 10.3 Å². The normalized spacial score (nSPS) is 22.4. The summed E-state index contributed by atoms with van der Waals surface area (Å²) >= 11 is 0. The number of nitrogens with zero attached hydrogens (tertiary/aromatic N) is 1. The van der Waals surface area contributed by atoms with Crippen molar-refractivity contribution >= 4 is 10.9 Å². The third kappa shape index (κ3) is 2.85. The Balaban J connectivity index is 1.78. The lowest BCUT2D eigenvalue weighted by Gasteiger charge is -2.20. The van der Waals surface area contributed by atoms with E-state index in [1.807, 2.05) is 6.20 Å². The summed E-state index contributed by atoms with van der Waals surface area (Å²) in [4.78, 5) is 4.47. The van der Waals surface area contributed by atoms with Gasteiger partial charge in [-0.2, -0.15) is 0 Å². The number of aromatic nitrogens is 1. The Morgan fingerprint density at radius 3 is 2.90 bits per heavy atom. The van der Waals surface area contributed by atoms with Gasteiger partial charge in [-0.15, -0.1) is 0 Å². The van der Waals surface area contributed by atoms with E-state index in [1.54, 1.807) is 0 Å². The molecule has 0 saturated heterocycles. The molecule has 0 spiro atoms. The SMILES string of the molecule is CCNCC1CCCC1Cc1ccnc2ccccc12. The van der Waals surface area contributed by atoms with Crippen molar-refractivity contribution in [2.45, 2.75) is 32.6 Å². The Hall–Kier alpha value is -1.41. The fraction of sp³-hybridized carbons (Fsp3) is 0.500. The van der Waals surface area contributed by atoms with Crippen molar-refractivity contribution in [3.05, 3.63) is 42.1 Å². The van der Waals surface area contributed by atoms with E-state index in [0.29, 0.717) is 0 Å². The van der Waals surface area contributed by atoms with Crippen LogP contribution in [0, 0.1) is 11.8 Å². The molecule has 0 amide bonds. The molecule has 1 aromatic carbocycles. The number of nitrogens with one attached hydrogen (secondary N) is 1. The monoisotopic (exact) mass is 268 g/mol. The predicted molar refractivity (Wildman–Crippen MR) is 84.8 cm³/mol. The van der Waals surface area contributed by atoms with Crippen LogP contribution in [0.5, 0.6) is 0 Å². The van der Waals surface area contributed by atoms with Crippen LogP contribution in [0.1, 0.15) is 31.7 Å². The van der Waals surface area contributed by atoms with Crippen molar-refractivity contribution < 1.29 is 0 Å². The van der Waals surface area contributed by atoms with E-state index in [1.165, 1.54) is 43.2 Å². The summed E-state index contributed by atoms with van der Waals surface area (Å²) in [5.41, 5.74) is 2.61. The van der Waals surface area contributed by atoms with Crippen LogP contribution >= 0.6 is 0 Å². The smallest absolute Gasteiger partial charge is 0.0704 e. The summed E-state index contributed by atoms with van der Waals surface area (Å²) in [6.45, 7) is 4.46. The number of para-hydroxylation sites is 1. The van der Waals surface area contributed by atoms with Crippen molar-refractivity contribution in [3.63, 3.8) is 0 Å². The van der Waals surface area contributed by atoms with Crippen LogP contribution in [0.4, 0.5) is 0 Å². The summed E-state index contributed by atoms with van der Waals surface area (Å²) in [5.74, 6) is 1.68. The first-order valence-electron chi connectivity index (χ1n) is 7.92. The lowest BCUT2D eigenvalue weighted by molar-refractivity contribution is 0.369. The van der Waals surface area contributed by atoms with Crippen LogP contribution in [0.25, 0.3) is 10.9 Å². The maximum atomic E-state index is 4.47. The topological polar surface area (TPSA) is 24.9 Å². The van der Waals surface area contributed by atoms with Gasteiger partial charge >= 0.3 is 0 Å². The number of hydrogen-bond acceptors (Lipinski definition) is 2. The van der Waals surface area contributed by atoms with Crippen LogP contribution < -0.4 is 5.32 Å². The predicted octanol–water partition coefficient (Wildman–Crippen LogP) is 3.80. The molecule has 1 aliphatic carbocycles. The van der Waals surface area contributed by atoms with Gasteiger partial charge in [0.15, 0.2) is 0 Å². The van der Waals surface area contributed by atoms with Gasteiger partial charge in [0.05, 0.1) is 5.52 Å². The minimum Gasteiger partial charge on any atom is -0.317 e. The number of hydrogen-bond donors (Lipinski definition) is 1. The largest absolute Gasteiger partial charge is 0.317 e. The minimum atomic E-state index is 0.833. The average Bonchev–Trinajstić information content (AvgIpc) is 2.93. The average molecular weight is 268 g/mol. The van der Waals surface area contributed by atoms with E-state index >= 15 is 0 Å². The first-order chi connectivity index (χ1) is 9.88. The molecule has 1 aliphatic rings. The lowest BCUT2D eigenvalue weighted by Crippen LogP contribution is -2.26. The molecule has 2 heteroatoms. The molecular formula is C18H24N2. The van der Waals surface area contributed by atoms with Gasteiger partial charge in [-0.3, -0.25) is 4.98 Å². The molecule has 20 heavy (non-hydrogen) atoms. The molecule has 3 rings (SSSR count). The Morgan fingerprint density at radius 1 is 1.15 bits per heavy atom. The fourth-order valence-corrected chi connectivity index (χ4v) is 3.60. The summed E-state index contributed by atoms with van der Waals surface area (Å²) in [5, 5.41) is 4.87. The van der Waals surface area contributed by atoms with Gasteiger partial charge in [0.2, 0.25) is 0 Å². The van der Waals surface area contributed by atoms with Crippen LogP contribution in [0.3, 0.4) is 0 Å². The molecule has 1 heterocycles. The van der Waals surface area contributed by atoms with Gasteiger partial charge in [-0.05, 0) is 61.9 Å². The highest BCUT2D eigenvalue weighted by atomic mass is 14.8. The van der Waals surface area contributed by atoms with Gasteiger partial charge in [0, 0.05) is 11.6 Å². The molecule has 1 aromatic heterocycles. The van der Waals surface area contributed by atoms with Gasteiger partial charge in [0.1, 0.15) is 0 Å². The van der Waals surface area contributed by atoms with Gasteiger partial charge < -0.3 is 5.32 Å². The molecule has 2 nitrogen and oxygen atoms in total. The number of benzene rings is 1. The third-order valence-electron chi connectivity index (χ3n) is 4.69. The highest BCUT2D eigenvalue weighted by Crippen LogP contribution is 2.35. The van der Waals surface area contributed by atoms with E-state index in [4.69, 9.17) is 0 Å². The molecule has 2 aromatic rings. The molecule has 2 unspecified atom stereocenters. The molecule has 1 fully saturated rings. The van der Waals surface area contributed by atoms with Crippen LogP contribution in [0.15, 0.2) is 36.5 Å². The maximum Gasteiger partial charge on any atom is 0.0704 e. The highest BCUT2D eigenvalue weighted by molar-refractivity contribution is 5.81. The number of rotatable bonds is 5. The third-order valence-corrected chi connectivity index (χ3v) is 4.69. The summed E-state index contributed by atoms with van der Waals surface area (Å²) in [6.07, 6.45) is 7.34. The molecule has 0 bridgehead atoms. The molecule has 0 aliphatic heterocycles. The maximum absolute atomic E-state index is 4.47. The van der Waals surface area contributed by atoms with Crippen molar-refractivity contribution in [1.29, 1.82) is 0 Å². The quantitative estimate of drug-likeness (QED) is 0.892. The molecular weight excluding hydrogens is 244 g/mol. The first kappa shape index (κ1) is 13.6. The molecule has 1 N–H and O–H groups in total. The Bertz CT molecular complexity index is 559.